The lowest BCUT2D eigenvalue weighted by Crippen LogP contribution is -1.99. The van der Waals surface area contributed by atoms with Gasteiger partial charge in [-0.15, -0.1) is 12.4 Å². The zero-order valence-corrected chi connectivity index (χ0v) is 4.67. The lowest BCUT2D eigenvalue weighted by Gasteiger charge is -1.90. The molecule has 0 aromatic carbocycles. The summed E-state index contributed by atoms with van der Waals surface area (Å²) in [4.78, 5) is 2.00. The van der Waals surface area contributed by atoms with Gasteiger partial charge < -0.3 is 4.90 Å². The molecule has 0 fully saturated rings. The van der Waals surface area contributed by atoms with Gasteiger partial charge in [-0.3, -0.25) is 0 Å². The van der Waals surface area contributed by atoms with Crippen LogP contribution in [0.3, 0.4) is 0 Å². The first kappa shape index (κ1) is 16.1. The average Bonchev–Trinajstić information content (AvgIpc) is 0.811. The molecular formula is C3H14ClNSi. The Morgan fingerprint density at radius 1 is 1.00 bits per heavy atom. The average molecular weight is 128 g/mol. The molecule has 1 nitrogen and oxygen atoms in total. The van der Waals surface area contributed by atoms with Gasteiger partial charge in [0.2, 0.25) is 0 Å². The Morgan fingerprint density at radius 3 is 1.00 bits per heavy atom. The van der Waals surface area contributed by atoms with Gasteiger partial charge in [-0.2, -0.15) is 0 Å². The zero-order chi connectivity index (χ0) is 3.58. The summed E-state index contributed by atoms with van der Waals surface area (Å²) < 4.78 is 0. The van der Waals surface area contributed by atoms with Gasteiger partial charge in [0.05, 0.1) is 0 Å². The standard InChI is InChI=1S/C3H9N.ClH.H4Si/c1-4(2)3;;/h1-3H3;1H;1H4. The molecule has 6 heavy (non-hydrogen) atoms. The van der Waals surface area contributed by atoms with Crippen molar-refractivity contribution in [2.24, 2.45) is 0 Å². The highest BCUT2D eigenvalue weighted by Gasteiger charge is 1.58. The molecule has 0 saturated carbocycles. The fraction of sp³-hybridized carbons (Fsp3) is 1.00. The van der Waals surface area contributed by atoms with E-state index in [1.807, 2.05) is 26.0 Å². The van der Waals surface area contributed by atoms with Crippen LogP contribution in [0.2, 0.25) is 0 Å². The largest absolute Gasteiger partial charge is 0.312 e. The van der Waals surface area contributed by atoms with Gasteiger partial charge in [-0.05, 0) is 32.1 Å². The van der Waals surface area contributed by atoms with Crippen LogP contribution in [-0.2, 0) is 0 Å². The molecular weight excluding hydrogens is 114 g/mol. The van der Waals surface area contributed by atoms with Crippen LogP contribution in [0.5, 0.6) is 0 Å². The molecule has 0 unspecified atom stereocenters. The second-order valence-corrected chi connectivity index (χ2v) is 1.34. The van der Waals surface area contributed by atoms with Crippen molar-refractivity contribution in [1.29, 1.82) is 0 Å². The third-order valence-corrected chi connectivity index (χ3v) is 0. The molecule has 0 heterocycles. The molecule has 0 rings (SSSR count). The van der Waals surface area contributed by atoms with Crippen molar-refractivity contribution in [3.8, 4) is 0 Å². The first-order valence-corrected chi connectivity index (χ1v) is 1.34. The molecule has 42 valence electrons. The van der Waals surface area contributed by atoms with Crippen molar-refractivity contribution in [2.75, 3.05) is 21.1 Å². The van der Waals surface area contributed by atoms with Gasteiger partial charge in [0.15, 0.2) is 0 Å². The number of nitrogens with zero attached hydrogens (tertiary/aromatic N) is 1. The van der Waals surface area contributed by atoms with Crippen LogP contribution in [0.25, 0.3) is 0 Å². The molecule has 0 aromatic rings. The summed E-state index contributed by atoms with van der Waals surface area (Å²) in [5, 5.41) is 0. The van der Waals surface area contributed by atoms with E-state index in [4.69, 9.17) is 0 Å². The lowest BCUT2D eigenvalue weighted by atomic mass is 11.0. The summed E-state index contributed by atoms with van der Waals surface area (Å²) in [5.41, 5.74) is 0. The number of hydrogen-bond acceptors (Lipinski definition) is 1. The van der Waals surface area contributed by atoms with E-state index < -0.39 is 0 Å². The summed E-state index contributed by atoms with van der Waals surface area (Å²) in [6.45, 7) is 0. The topological polar surface area (TPSA) is 3.24 Å². The third kappa shape index (κ3) is 246. The first-order chi connectivity index (χ1) is 1.73. The Balaban J connectivity index is -0.0000000450. The highest BCUT2D eigenvalue weighted by Crippen LogP contribution is 1.47. The second kappa shape index (κ2) is 9.08. The van der Waals surface area contributed by atoms with E-state index in [0.717, 1.165) is 0 Å². The van der Waals surface area contributed by atoms with Gasteiger partial charge in [0.1, 0.15) is 0 Å². The molecule has 3 heteroatoms. The van der Waals surface area contributed by atoms with E-state index >= 15 is 0 Å². The van der Waals surface area contributed by atoms with E-state index in [-0.39, 0.29) is 23.4 Å². The van der Waals surface area contributed by atoms with Crippen molar-refractivity contribution < 1.29 is 0 Å². The van der Waals surface area contributed by atoms with E-state index in [1.54, 1.807) is 0 Å². The maximum atomic E-state index is 2.00. The zero-order valence-electron chi connectivity index (χ0n) is 3.86. The lowest BCUT2D eigenvalue weighted by molar-refractivity contribution is 0.505. The Labute approximate surface area is 50.2 Å². The molecule has 0 aliphatic carbocycles. The monoisotopic (exact) mass is 127 g/mol. The minimum Gasteiger partial charge on any atom is -0.312 e. The number of rotatable bonds is 0. The van der Waals surface area contributed by atoms with E-state index in [9.17, 15) is 0 Å². The van der Waals surface area contributed by atoms with Crippen LogP contribution in [0.15, 0.2) is 0 Å². The van der Waals surface area contributed by atoms with Crippen LogP contribution < -0.4 is 0 Å². The third-order valence-electron chi connectivity index (χ3n) is 0. The minimum absolute atomic E-state index is 0. The van der Waals surface area contributed by atoms with Crippen molar-refractivity contribution in [2.45, 2.75) is 0 Å². The SMILES string of the molecule is CN(C)C.Cl.[SiH4]. The van der Waals surface area contributed by atoms with E-state index in [2.05, 4.69) is 0 Å². The van der Waals surface area contributed by atoms with E-state index in [1.165, 1.54) is 0 Å². The second-order valence-electron chi connectivity index (χ2n) is 1.34. The summed E-state index contributed by atoms with van der Waals surface area (Å²) in [7, 11) is 6.00. The van der Waals surface area contributed by atoms with Gasteiger partial charge in [-0.1, -0.05) is 0 Å². The molecule has 0 aromatic heterocycles. The maximum absolute atomic E-state index is 2.00. The van der Waals surface area contributed by atoms with Crippen LogP contribution in [0.4, 0.5) is 0 Å². The predicted molar refractivity (Wildman–Crippen MR) is 38.2 cm³/mol. The van der Waals surface area contributed by atoms with Crippen LogP contribution >= 0.6 is 12.4 Å². The normalized spacial score (nSPS) is 6.00. The van der Waals surface area contributed by atoms with Gasteiger partial charge in [0.25, 0.3) is 0 Å². The first-order valence-electron chi connectivity index (χ1n) is 1.34. The van der Waals surface area contributed by atoms with Crippen molar-refractivity contribution in [3.63, 3.8) is 0 Å². The molecule has 0 N–H and O–H groups in total. The van der Waals surface area contributed by atoms with Crippen LogP contribution in [0.1, 0.15) is 0 Å². The molecule has 0 aliphatic heterocycles. The van der Waals surface area contributed by atoms with Crippen molar-refractivity contribution in [1.82, 2.24) is 4.90 Å². The molecule has 0 spiro atoms. The fourth-order valence-electron chi connectivity index (χ4n) is 0. The van der Waals surface area contributed by atoms with Crippen molar-refractivity contribution >= 4 is 23.4 Å². The smallest absolute Gasteiger partial charge is 0.0140 e. The molecule has 0 aliphatic rings. The Hall–Kier alpha value is 0.467. The fourth-order valence-corrected chi connectivity index (χ4v) is 0. The Kier molecular flexibility index (Phi) is 24.3. The predicted octanol–water partition coefficient (Wildman–Crippen LogP) is -0.852. The Morgan fingerprint density at radius 2 is 1.00 bits per heavy atom. The van der Waals surface area contributed by atoms with Crippen LogP contribution in [-0.4, -0.2) is 37.0 Å². The molecule has 0 saturated heterocycles. The highest BCUT2D eigenvalue weighted by atomic mass is 35.5. The quantitative estimate of drug-likeness (QED) is 0.384. The van der Waals surface area contributed by atoms with Crippen molar-refractivity contribution in [3.05, 3.63) is 0 Å². The molecule has 0 radical (unpaired) electrons. The summed E-state index contributed by atoms with van der Waals surface area (Å²) in [5.74, 6) is 0. The minimum atomic E-state index is 0. The maximum Gasteiger partial charge on any atom is -0.0140 e. The summed E-state index contributed by atoms with van der Waals surface area (Å²) >= 11 is 0. The molecule has 0 amide bonds. The number of hydrogen-bond donors (Lipinski definition) is 0. The van der Waals surface area contributed by atoms with Gasteiger partial charge >= 0.3 is 0 Å². The van der Waals surface area contributed by atoms with Gasteiger partial charge in [-0.25, -0.2) is 0 Å². The van der Waals surface area contributed by atoms with Gasteiger partial charge in [0, 0.05) is 0 Å². The number of halogens is 1. The summed E-state index contributed by atoms with van der Waals surface area (Å²) in [6, 6.07) is 0. The highest BCUT2D eigenvalue weighted by molar-refractivity contribution is 5.85. The summed E-state index contributed by atoms with van der Waals surface area (Å²) in [6.07, 6.45) is 0. The molecule has 0 bridgehead atoms. The van der Waals surface area contributed by atoms with E-state index in [0.29, 0.717) is 0 Å². The Bertz CT molecular complexity index is 15.5. The van der Waals surface area contributed by atoms with Crippen LogP contribution in [0, 0.1) is 0 Å². The molecule has 0 atom stereocenters.